The largest absolute Gasteiger partial charge is 0.309 e. The highest BCUT2D eigenvalue weighted by atomic mass is 32.1. The number of rotatable bonds is 3. The average molecular weight is 289 g/mol. The van der Waals surface area contributed by atoms with Crippen LogP contribution in [0.3, 0.4) is 0 Å². The topological polar surface area (TPSA) is 12.0 Å². The molecule has 0 saturated heterocycles. The maximum Gasteiger partial charge on any atom is 0.124 e. The van der Waals surface area contributed by atoms with E-state index in [9.17, 15) is 8.78 Å². The molecule has 0 saturated carbocycles. The summed E-state index contributed by atoms with van der Waals surface area (Å²) in [7, 11) is 1.86. The van der Waals surface area contributed by atoms with Crippen molar-refractivity contribution in [2.75, 3.05) is 7.05 Å². The van der Waals surface area contributed by atoms with Crippen LogP contribution in [0.25, 0.3) is 10.1 Å². The molecular formula is C16H13F2NS. The van der Waals surface area contributed by atoms with E-state index in [1.807, 2.05) is 13.1 Å². The molecule has 0 aliphatic carbocycles. The van der Waals surface area contributed by atoms with E-state index < -0.39 is 0 Å². The third kappa shape index (κ3) is 2.44. The van der Waals surface area contributed by atoms with Crippen molar-refractivity contribution in [1.82, 2.24) is 5.32 Å². The van der Waals surface area contributed by atoms with E-state index in [2.05, 4.69) is 5.32 Å². The van der Waals surface area contributed by atoms with Crippen LogP contribution in [-0.2, 0) is 0 Å². The molecule has 0 fully saturated rings. The predicted octanol–water partition coefficient (Wildman–Crippen LogP) is 4.49. The SMILES string of the molecule is CNC(c1ccc(F)cc1)c1cc2ccc(F)cc2s1. The number of fused-ring (bicyclic) bond motifs is 1. The van der Waals surface area contributed by atoms with Gasteiger partial charge in [-0.05, 0) is 48.3 Å². The van der Waals surface area contributed by atoms with Crippen LogP contribution in [0.1, 0.15) is 16.5 Å². The molecule has 4 heteroatoms. The van der Waals surface area contributed by atoms with Gasteiger partial charge in [0.2, 0.25) is 0 Å². The van der Waals surface area contributed by atoms with Gasteiger partial charge in [-0.15, -0.1) is 11.3 Å². The van der Waals surface area contributed by atoms with Gasteiger partial charge >= 0.3 is 0 Å². The van der Waals surface area contributed by atoms with Gasteiger partial charge < -0.3 is 5.32 Å². The molecule has 1 aromatic heterocycles. The Hall–Kier alpha value is -1.78. The van der Waals surface area contributed by atoms with Crippen molar-refractivity contribution >= 4 is 21.4 Å². The Morgan fingerprint density at radius 2 is 1.65 bits per heavy atom. The maximum absolute atomic E-state index is 13.2. The first-order chi connectivity index (χ1) is 9.67. The van der Waals surface area contributed by atoms with Gasteiger partial charge in [-0.2, -0.15) is 0 Å². The van der Waals surface area contributed by atoms with Crippen molar-refractivity contribution in [3.8, 4) is 0 Å². The zero-order valence-electron chi connectivity index (χ0n) is 10.9. The summed E-state index contributed by atoms with van der Waals surface area (Å²) in [5.74, 6) is -0.476. The molecule has 0 bridgehead atoms. The molecule has 1 unspecified atom stereocenters. The zero-order chi connectivity index (χ0) is 14.1. The van der Waals surface area contributed by atoms with Gasteiger partial charge in [-0.1, -0.05) is 18.2 Å². The number of thiophene rings is 1. The Labute approximate surface area is 119 Å². The second-order valence-electron chi connectivity index (χ2n) is 4.60. The van der Waals surface area contributed by atoms with Gasteiger partial charge in [0.25, 0.3) is 0 Å². The fourth-order valence-electron chi connectivity index (χ4n) is 2.30. The molecule has 1 N–H and O–H groups in total. The molecule has 1 heterocycles. The molecular weight excluding hydrogens is 276 g/mol. The number of hydrogen-bond acceptors (Lipinski definition) is 2. The van der Waals surface area contributed by atoms with E-state index in [0.29, 0.717) is 0 Å². The van der Waals surface area contributed by atoms with Gasteiger partial charge in [-0.25, -0.2) is 8.78 Å². The minimum absolute atomic E-state index is 0.0175. The summed E-state index contributed by atoms with van der Waals surface area (Å²) in [6.07, 6.45) is 0. The quantitative estimate of drug-likeness (QED) is 0.749. The lowest BCUT2D eigenvalue weighted by Crippen LogP contribution is -2.16. The summed E-state index contributed by atoms with van der Waals surface area (Å²) < 4.78 is 27.2. The number of nitrogens with one attached hydrogen (secondary N) is 1. The molecule has 2 aromatic carbocycles. The highest BCUT2D eigenvalue weighted by molar-refractivity contribution is 7.19. The molecule has 0 radical (unpaired) electrons. The van der Waals surface area contributed by atoms with Gasteiger partial charge in [-0.3, -0.25) is 0 Å². The van der Waals surface area contributed by atoms with Crippen molar-refractivity contribution in [3.63, 3.8) is 0 Å². The lowest BCUT2D eigenvalue weighted by Gasteiger charge is -2.14. The lowest BCUT2D eigenvalue weighted by atomic mass is 10.1. The Morgan fingerprint density at radius 3 is 2.35 bits per heavy atom. The second-order valence-corrected chi connectivity index (χ2v) is 5.72. The Bertz CT molecular complexity index is 734. The molecule has 102 valence electrons. The lowest BCUT2D eigenvalue weighted by molar-refractivity contribution is 0.624. The molecule has 0 spiro atoms. The predicted molar refractivity (Wildman–Crippen MR) is 79.1 cm³/mol. The van der Waals surface area contributed by atoms with Crippen LogP contribution in [0, 0.1) is 11.6 Å². The number of benzene rings is 2. The van der Waals surface area contributed by atoms with E-state index in [1.165, 1.54) is 18.2 Å². The van der Waals surface area contributed by atoms with Crippen molar-refractivity contribution in [1.29, 1.82) is 0 Å². The first kappa shape index (κ1) is 13.2. The van der Waals surface area contributed by atoms with Crippen molar-refractivity contribution < 1.29 is 8.78 Å². The summed E-state index contributed by atoms with van der Waals surface area (Å²) in [6, 6.07) is 13.2. The van der Waals surface area contributed by atoms with E-state index >= 15 is 0 Å². The van der Waals surface area contributed by atoms with E-state index in [-0.39, 0.29) is 17.7 Å². The monoisotopic (exact) mass is 289 g/mol. The highest BCUT2D eigenvalue weighted by Gasteiger charge is 2.15. The van der Waals surface area contributed by atoms with E-state index in [4.69, 9.17) is 0 Å². The van der Waals surface area contributed by atoms with Gasteiger partial charge in [0.15, 0.2) is 0 Å². The summed E-state index contributed by atoms with van der Waals surface area (Å²) >= 11 is 1.55. The van der Waals surface area contributed by atoms with Crippen molar-refractivity contribution in [2.24, 2.45) is 0 Å². The zero-order valence-corrected chi connectivity index (χ0v) is 11.7. The molecule has 0 aliphatic rings. The summed E-state index contributed by atoms with van der Waals surface area (Å²) in [5.41, 5.74) is 0.987. The third-order valence-electron chi connectivity index (χ3n) is 3.28. The average Bonchev–Trinajstić information content (AvgIpc) is 2.84. The van der Waals surface area contributed by atoms with Crippen LogP contribution in [-0.4, -0.2) is 7.05 Å². The van der Waals surface area contributed by atoms with Gasteiger partial charge in [0.1, 0.15) is 11.6 Å². The second kappa shape index (κ2) is 5.31. The number of hydrogen-bond donors (Lipinski definition) is 1. The van der Waals surface area contributed by atoms with Crippen LogP contribution >= 0.6 is 11.3 Å². The smallest absolute Gasteiger partial charge is 0.124 e. The minimum atomic E-state index is -0.248. The molecule has 1 atom stereocenters. The van der Waals surface area contributed by atoms with Crippen LogP contribution in [0.4, 0.5) is 8.78 Å². The van der Waals surface area contributed by atoms with Crippen LogP contribution in [0.5, 0.6) is 0 Å². The minimum Gasteiger partial charge on any atom is -0.309 e. The summed E-state index contributed by atoms with van der Waals surface area (Å²) in [4.78, 5) is 1.08. The molecule has 0 aliphatic heterocycles. The fourth-order valence-corrected chi connectivity index (χ4v) is 3.52. The first-order valence-corrected chi connectivity index (χ1v) is 7.11. The standard InChI is InChI=1S/C16H13F2NS/c1-19-16(10-2-5-12(17)6-3-10)15-8-11-4-7-13(18)9-14(11)20-15/h2-9,16,19H,1H3. The normalized spacial score (nSPS) is 12.8. The Morgan fingerprint density at radius 1 is 0.950 bits per heavy atom. The van der Waals surface area contributed by atoms with Crippen molar-refractivity contribution in [2.45, 2.75) is 6.04 Å². The van der Waals surface area contributed by atoms with E-state index in [1.54, 1.807) is 35.6 Å². The Kier molecular flexibility index (Phi) is 3.51. The molecule has 3 aromatic rings. The van der Waals surface area contributed by atoms with Crippen molar-refractivity contribution in [3.05, 3.63) is 70.6 Å². The molecule has 0 amide bonds. The highest BCUT2D eigenvalue weighted by Crippen LogP contribution is 2.33. The van der Waals surface area contributed by atoms with Gasteiger partial charge in [0, 0.05) is 9.58 Å². The number of halogens is 2. The molecule has 1 nitrogen and oxygen atoms in total. The Balaban J connectivity index is 2.04. The fraction of sp³-hybridized carbons (Fsp3) is 0.125. The first-order valence-electron chi connectivity index (χ1n) is 6.29. The third-order valence-corrected chi connectivity index (χ3v) is 4.44. The molecule has 3 rings (SSSR count). The van der Waals surface area contributed by atoms with Crippen LogP contribution < -0.4 is 5.32 Å². The summed E-state index contributed by atoms with van der Waals surface area (Å²) in [6.45, 7) is 0. The summed E-state index contributed by atoms with van der Waals surface area (Å²) in [5, 5.41) is 4.25. The van der Waals surface area contributed by atoms with E-state index in [0.717, 1.165) is 20.5 Å². The van der Waals surface area contributed by atoms with Crippen LogP contribution in [0.2, 0.25) is 0 Å². The maximum atomic E-state index is 13.2. The van der Waals surface area contributed by atoms with Gasteiger partial charge in [0.05, 0.1) is 6.04 Å². The van der Waals surface area contributed by atoms with Crippen LogP contribution in [0.15, 0.2) is 48.5 Å². The molecule has 20 heavy (non-hydrogen) atoms.